The summed E-state index contributed by atoms with van der Waals surface area (Å²) in [6.45, 7) is 7.84. The number of likely N-dealkylation sites (tertiary alicyclic amines) is 1. The summed E-state index contributed by atoms with van der Waals surface area (Å²) >= 11 is 6.22. The molecule has 3 unspecified atom stereocenters. The molecule has 0 spiro atoms. The number of allylic oxidation sites excluding steroid dienone is 1. The zero-order valence-electron chi connectivity index (χ0n) is 38.3. The van der Waals surface area contributed by atoms with Crippen molar-refractivity contribution in [3.05, 3.63) is 101 Å². The maximum absolute atomic E-state index is 13.8. The molecule has 2 aromatic carbocycles. The van der Waals surface area contributed by atoms with Crippen LogP contribution in [0.25, 0.3) is 11.0 Å². The van der Waals surface area contributed by atoms with Gasteiger partial charge in [0.1, 0.15) is 23.8 Å². The normalized spacial score (nSPS) is 18.6. The summed E-state index contributed by atoms with van der Waals surface area (Å²) < 4.78 is 6.08. The quantitative estimate of drug-likeness (QED) is 0.0417. The molecule has 15 heteroatoms. The van der Waals surface area contributed by atoms with Gasteiger partial charge in [0.05, 0.1) is 17.0 Å². The number of nitrogens with two attached hydrogens (primary N) is 1. The molecule has 4 amide bonds. The van der Waals surface area contributed by atoms with Crippen LogP contribution in [0.3, 0.4) is 0 Å². The van der Waals surface area contributed by atoms with E-state index in [-0.39, 0.29) is 41.5 Å². The molecular weight excluding hydrogens is 854 g/mol. The van der Waals surface area contributed by atoms with Crippen LogP contribution >= 0.6 is 11.6 Å². The fourth-order valence-corrected chi connectivity index (χ4v) is 9.91. The summed E-state index contributed by atoms with van der Waals surface area (Å²) in [5, 5.41) is 11.1. The van der Waals surface area contributed by atoms with Gasteiger partial charge in [-0.2, -0.15) is 0 Å². The van der Waals surface area contributed by atoms with E-state index in [1.807, 2.05) is 65.7 Å². The van der Waals surface area contributed by atoms with E-state index in [0.717, 1.165) is 98.7 Å². The molecule has 4 aromatic rings. The third-order valence-electron chi connectivity index (χ3n) is 13.8. The minimum absolute atomic E-state index is 0.0872. The lowest BCUT2D eigenvalue weighted by atomic mass is 9.83. The van der Waals surface area contributed by atoms with Crippen molar-refractivity contribution in [2.75, 3.05) is 50.8 Å². The third kappa shape index (κ3) is 13.0. The Kier molecular flexibility index (Phi) is 17.6. The highest BCUT2D eigenvalue weighted by Crippen LogP contribution is 2.31. The number of ether oxygens (including phenoxy) is 1. The molecule has 66 heavy (non-hydrogen) atoms. The van der Waals surface area contributed by atoms with E-state index in [4.69, 9.17) is 22.1 Å². The number of hydrogen-bond donors (Lipinski definition) is 5. The molecule has 4 heterocycles. The van der Waals surface area contributed by atoms with Crippen molar-refractivity contribution in [1.82, 2.24) is 35.8 Å². The second-order valence-corrected chi connectivity index (χ2v) is 18.8. The van der Waals surface area contributed by atoms with Gasteiger partial charge in [-0.05, 0) is 118 Å². The number of piperidine rings is 2. The predicted molar refractivity (Wildman–Crippen MR) is 259 cm³/mol. The molecule has 2 aliphatic heterocycles. The van der Waals surface area contributed by atoms with Gasteiger partial charge in [0.15, 0.2) is 0 Å². The first-order chi connectivity index (χ1) is 32.1. The molecule has 3 fully saturated rings. The van der Waals surface area contributed by atoms with Crippen molar-refractivity contribution in [1.29, 1.82) is 0 Å². The first kappa shape index (κ1) is 48.6. The van der Waals surface area contributed by atoms with Gasteiger partial charge in [0.25, 0.3) is 5.91 Å². The summed E-state index contributed by atoms with van der Waals surface area (Å²) in [4.78, 5) is 70.1. The van der Waals surface area contributed by atoms with Crippen LogP contribution < -0.4 is 26.6 Å². The van der Waals surface area contributed by atoms with Crippen molar-refractivity contribution in [2.24, 2.45) is 11.7 Å². The number of nitrogens with one attached hydrogen (secondary N) is 4. The highest BCUT2D eigenvalue weighted by Gasteiger charge is 2.39. The standard InChI is InChI=1S/C51H68ClN9O5/c1-2-3-17-44(62)61-28-11-16-40(34-61)38-14-10-15-39(33-38)48(63)59-45(37-12-6-4-7-13-37)49(64)55-26-8-5-9-31-66-32-23-43(36-18-20-41(52)21-19-36)58-50(65)51(53)24-29-60(30-25-51)47-42-22-27-54-46(42)56-35-57-47/h2,10,14-15,18-22,27,33,35,37,40,43,45H,1,3-9,11-13,16-17,23-26,28-32,34,53H2,(H,55,64)(H,58,65)(H,59,63)(H,54,56,57). The number of anilines is 1. The Labute approximate surface area is 394 Å². The fourth-order valence-electron chi connectivity index (χ4n) is 9.79. The largest absolute Gasteiger partial charge is 0.381 e. The Balaban J connectivity index is 0.841. The molecule has 0 radical (unpaired) electrons. The highest BCUT2D eigenvalue weighted by molar-refractivity contribution is 6.30. The summed E-state index contributed by atoms with van der Waals surface area (Å²) in [5.41, 5.74) is 9.07. The molecule has 1 saturated carbocycles. The second-order valence-electron chi connectivity index (χ2n) is 18.4. The Morgan fingerprint density at radius 3 is 2.53 bits per heavy atom. The average Bonchev–Trinajstić information content (AvgIpc) is 3.84. The first-order valence-corrected chi connectivity index (χ1v) is 24.5. The van der Waals surface area contributed by atoms with E-state index in [1.165, 1.54) is 0 Å². The van der Waals surface area contributed by atoms with Crippen LogP contribution in [0, 0.1) is 5.92 Å². The SMILES string of the molecule is C=CCCC(=O)N1CCCC(c2cccc(C(=O)NC(C(=O)NCCCCCOCCC(NC(=O)C3(N)CCN(c4ncnc5[nH]ccc45)CC3)c3ccc(Cl)cc3)C3CCCCC3)c2)C1. The van der Waals surface area contributed by atoms with Gasteiger partial charge in [-0.1, -0.05) is 61.2 Å². The molecule has 14 nitrogen and oxygen atoms in total. The Bertz CT molecular complexity index is 2240. The summed E-state index contributed by atoms with van der Waals surface area (Å²) in [6, 6.07) is 16.2. The highest BCUT2D eigenvalue weighted by atomic mass is 35.5. The zero-order chi connectivity index (χ0) is 46.3. The summed E-state index contributed by atoms with van der Waals surface area (Å²) in [6.07, 6.45) is 17.2. The number of benzene rings is 2. The van der Waals surface area contributed by atoms with Crippen LogP contribution in [0.4, 0.5) is 5.82 Å². The Hall–Kier alpha value is -5.31. The average molecular weight is 923 g/mol. The summed E-state index contributed by atoms with van der Waals surface area (Å²) in [7, 11) is 0. The molecule has 354 valence electrons. The van der Waals surface area contributed by atoms with Gasteiger partial charge in [-0.25, -0.2) is 9.97 Å². The molecule has 2 saturated heterocycles. The van der Waals surface area contributed by atoms with E-state index in [1.54, 1.807) is 12.4 Å². The molecule has 7 rings (SSSR count). The molecule has 3 atom stereocenters. The molecular formula is C51H68ClN9O5. The van der Waals surface area contributed by atoms with Gasteiger partial charge in [0.2, 0.25) is 17.7 Å². The smallest absolute Gasteiger partial charge is 0.251 e. The number of carbonyl (C=O) groups excluding carboxylic acids is 4. The molecule has 2 aromatic heterocycles. The van der Waals surface area contributed by atoms with Gasteiger partial charge < -0.3 is 41.2 Å². The van der Waals surface area contributed by atoms with Crippen LogP contribution in [-0.2, 0) is 19.1 Å². The number of amides is 4. The van der Waals surface area contributed by atoms with Crippen molar-refractivity contribution in [3.8, 4) is 0 Å². The number of hydrogen-bond acceptors (Lipinski definition) is 9. The third-order valence-corrected chi connectivity index (χ3v) is 14.0. The van der Waals surface area contributed by atoms with E-state index in [9.17, 15) is 19.2 Å². The number of fused-ring (bicyclic) bond motifs is 1. The predicted octanol–water partition coefficient (Wildman–Crippen LogP) is 7.51. The van der Waals surface area contributed by atoms with Crippen LogP contribution in [0.1, 0.15) is 130 Å². The van der Waals surface area contributed by atoms with Crippen LogP contribution in [0.5, 0.6) is 0 Å². The number of carbonyl (C=O) groups is 4. The molecule has 3 aliphatic rings. The maximum atomic E-state index is 13.8. The Morgan fingerprint density at radius 1 is 0.939 bits per heavy atom. The van der Waals surface area contributed by atoms with Gasteiger partial charge >= 0.3 is 0 Å². The van der Waals surface area contributed by atoms with Gasteiger partial charge in [0, 0.05) is 75.1 Å². The first-order valence-electron chi connectivity index (χ1n) is 24.1. The number of unbranched alkanes of at least 4 members (excludes halogenated alkanes) is 2. The van der Waals surface area contributed by atoms with Crippen molar-refractivity contribution in [2.45, 2.75) is 120 Å². The van der Waals surface area contributed by atoms with E-state index >= 15 is 0 Å². The van der Waals surface area contributed by atoms with Crippen LogP contribution in [0.2, 0.25) is 5.02 Å². The van der Waals surface area contributed by atoms with Crippen molar-refractivity contribution >= 4 is 52.1 Å². The van der Waals surface area contributed by atoms with E-state index < -0.39 is 11.6 Å². The van der Waals surface area contributed by atoms with Crippen molar-refractivity contribution in [3.63, 3.8) is 0 Å². The molecule has 1 aliphatic carbocycles. The van der Waals surface area contributed by atoms with Gasteiger partial charge in [-0.3, -0.25) is 19.2 Å². The number of rotatable bonds is 21. The lowest BCUT2D eigenvalue weighted by molar-refractivity contribution is -0.132. The fraction of sp³-hybridized carbons (Fsp3) is 0.529. The Morgan fingerprint density at radius 2 is 1.74 bits per heavy atom. The number of halogens is 1. The topological polar surface area (TPSA) is 188 Å². The van der Waals surface area contributed by atoms with E-state index in [2.05, 4.69) is 42.4 Å². The van der Waals surface area contributed by atoms with Crippen LogP contribution in [-0.4, -0.2) is 101 Å². The van der Waals surface area contributed by atoms with E-state index in [0.29, 0.717) is 82.1 Å². The number of H-pyrrole nitrogens is 1. The number of nitrogens with zero attached hydrogens (tertiary/aromatic N) is 4. The molecule has 6 N–H and O–H groups in total. The zero-order valence-corrected chi connectivity index (χ0v) is 39.0. The lowest BCUT2D eigenvalue weighted by Crippen LogP contribution is -2.60. The van der Waals surface area contributed by atoms with Gasteiger partial charge in [-0.15, -0.1) is 6.58 Å². The monoisotopic (exact) mass is 922 g/mol. The second kappa shape index (κ2) is 23.9. The minimum atomic E-state index is -1.02. The number of aromatic amines is 1. The maximum Gasteiger partial charge on any atom is 0.251 e. The minimum Gasteiger partial charge on any atom is -0.381 e. The number of aromatic nitrogens is 3. The lowest BCUT2D eigenvalue weighted by Gasteiger charge is -2.39. The van der Waals surface area contributed by atoms with Crippen molar-refractivity contribution < 1.29 is 23.9 Å². The summed E-state index contributed by atoms with van der Waals surface area (Å²) in [5.74, 6) is 0.676. The molecule has 0 bridgehead atoms. The van der Waals surface area contributed by atoms with Crippen LogP contribution in [0.15, 0.2) is 79.8 Å².